The first-order valence-corrected chi connectivity index (χ1v) is 7.82. The van der Waals surface area contributed by atoms with Gasteiger partial charge >= 0.3 is 0 Å². The molecule has 25 heavy (non-hydrogen) atoms. The van der Waals surface area contributed by atoms with E-state index >= 15 is 0 Å². The molecule has 0 saturated carbocycles. The molecular formula is C20H17FN2O2. The fraction of sp³-hybridized carbons (Fsp3) is 0.100. The summed E-state index contributed by atoms with van der Waals surface area (Å²) in [6, 6.07) is 17.9. The number of carbonyl (C=O) groups is 1. The maximum atomic E-state index is 13.2. The number of nitrogens with one attached hydrogen (secondary N) is 1. The lowest BCUT2D eigenvalue weighted by atomic mass is 9.98. The van der Waals surface area contributed by atoms with Crippen molar-refractivity contribution >= 4 is 5.91 Å². The third kappa shape index (κ3) is 3.83. The van der Waals surface area contributed by atoms with Gasteiger partial charge in [-0.3, -0.25) is 9.59 Å². The predicted octanol–water partition coefficient (Wildman–Crippen LogP) is 3.04. The van der Waals surface area contributed by atoms with Crippen LogP contribution in [0.25, 0.3) is 0 Å². The van der Waals surface area contributed by atoms with Gasteiger partial charge in [0.2, 0.25) is 5.56 Å². The molecule has 0 aliphatic rings. The van der Waals surface area contributed by atoms with Crippen LogP contribution in [0.1, 0.15) is 27.5 Å². The van der Waals surface area contributed by atoms with Gasteiger partial charge in [0.25, 0.3) is 5.91 Å². The lowest BCUT2D eigenvalue weighted by molar-refractivity contribution is 0.0942. The number of hydrogen-bond acceptors (Lipinski definition) is 2. The molecule has 1 unspecified atom stereocenters. The van der Waals surface area contributed by atoms with Crippen molar-refractivity contribution in [1.29, 1.82) is 0 Å². The van der Waals surface area contributed by atoms with Gasteiger partial charge in [0.05, 0.1) is 11.6 Å². The van der Waals surface area contributed by atoms with Crippen molar-refractivity contribution < 1.29 is 9.18 Å². The van der Waals surface area contributed by atoms with E-state index in [4.69, 9.17) is 0 Å². The van der Waals surface area contributed by atoms with Crippen LogP contribution in [-0.4, -0.2) is 10.5 Å². The van der Waals surface area contributed by atoms with E-state index in [0.29, 0.717) is 5.56 Å². The Bertz CT molecular complexity index is 934. The second-order valence-electron chi connectivity index (χ2n) is 5.74. The summed E-state index contributed by atoms with van der Waals surface area (Å²) in [5, 5.41) is 2.96. The predicted molar refractivity (Wildman–Crippen MR) is 93.8 cm³/mol. The molecule has 1 amide bonds. The van der Waals surface area contributed by atoms with Crippen LogP contribution >= 0.6 is 0 Å². The number of benzene rings is 2. The molecule has 3 rings (SSSR count). The number of hydrogen-bond donors (Lipinski definition) is 1. The van der Waals surface area contributed by atoms with E-state index in [0.717, 1.165) is 11.1 Å². The minimum absolute atomic E-state index is 0.185. The molecule has 0 aliphatic carbocycles. The Labute approximate surface area is 144 Å². The first-order valence-electron chi connectivity index (χ1n) is 7.82. The second-order valence-corrected chi connectivity index (χ2v) is 5.74. The average Bonchev–Trinajstić information content (AvgIpc) is 2.63. The fourth-order valence-corrected chi connectivity index (χ4v) is 2.60. The first kappa shape index (κ1) is 16.6. The topological polar surface area (TPSA) is 51.1 Å². The Hall–Kier alpha value is -3.21. The molecule has 0 saturated heterocycles. The summed E-state index contributed by atoms with van der Waals surface area (Å²) in [6.45, 7) is 0. The van der Waals surface area contributed by atoms with Crippen LogP contribution in [0.4, 0.5) is 4.39 Å². The van der Waals surface area contributed by atoms with Gasteiger partial charge in [0.1, 0.15) is 5.82 Å². The molecule has 0 aliphatic heterocycles. The van der Waals surface area contributed by atoms with E-state index in [9.17, 15) is 14.0 Å². The van der Waals surface area contributed by atoms with Gasteiger partial charge in [0, 0.05) is 19.3 Å². The van der Waals surface area contributed by atoms with E-state index in [2.05, 4.69) is 5.32 Å². The number of amides is 1. The number of aromatic nitrogens is 1. The SMILES string of the molecule is Cn1cc(C(=O)NC(c2ccccc2)c2ccc(F)cc2)ccc1=O. The molecule has 1 heterocycles. The standard InChI is InChI=1S/C20H17FN2O2/c1-23-13-16(9-12-18(23)24)20(25)22-19(14-5-3-2-4-6-14)15-7-10-17(21)11-8-15/h2-13,19H,1H3,(H,22,25). The van der Waals surface area contributed by atoms with Crippen molar-refractivity contribution in [3.63, 3.8) is 0 Å². The van der Waals surface area contributed by atoms with Crippen LogP contribution in [0.3, 0.4) is 0 Å². The smallest absolute Gasteiger partial charge is 0.253 e. The average molecular weight is 336 g/mol. The molecule has 1 N–H and O–H groups in total. The van der Waals surface area contributed by atoms with E-state index < -0.39 is 6.04 Å². The normalized spacial score (nSPS) is 11.8. The van der Waals surface area contributed by atoms with Gasteiger partial charge in [-0.2, -0.15) is 0 Å². The molecule has 1 aromatic heterocycles. The fourth-order valence-electron chi connectivity index (χ4n) is 2.60. The number of carbonyl (C=O) groups excluding carboxylic acids is 1. The third-order valence-corrected chi connectivity index (χ3v) is 3.96. The summed E-state index contributed by atoms with van der Waals surface area (Å²) >= 11 is 0. The minimum Gasteiger partial charge on any atom is -0.341 e. The second kappa shape index (κ2) is 7.13. The molecule has 5 heteroatoms. The molecular weight excluding hydrogens is 319 g/mol. The number of nitrogens with zero attached hydrogens (tertiary/aromatic N) is 1. The zero-order valence-corrected chi connectivity index (χ0v) is 13.6. The van der Waals surface area contributed by atoms with Gasteiger partial charge in [-0.15, -0.1) is 0 Å². The molecule has 126 valence electrons. The highest BCUT2D eigenvalue weighted by Gasteiger charge is 2.18. The largest absolute Gasteiger partial charge is 0.341 e. The molecule has 0 radical (unpaired) electrons. The summed E-state index contributed by atoms with van der Waals surface area (Å²) in [7, 11) is 1.59. The van der Waals surface area contributed by atoms with Crippen molar-refractivity contribution in [2.24, 2.45) is 7.05 Å². The molecule has 0 spiro atoms. The molecule has 1 atom stereocenters. The highest BCUT2D eigenvalue weighted by Crippen LogP contribution is 2.22. The molecule has 3 aromatic rings. The first-order chi connectivity index (χ1) is 12.0. The number of halogens is 1. The maximum absolute atomic E-state index is 13.2. The Morgan fingerprint density at radius 3 is 2.24 bits per heavy atom. The lowest BCUT2D eigenvalue weighted by Crippen LogP contribution is -2.30. The summed E-state index contributed by atoms with van der Waals surface area (Å²) < 4.78 is 14.6. The Morgan fingerprint density at radius 1 is 0.960 bits per heavy atom. The molecule has 0 bridgehead atoms. The minimum atomic E-state index is -0.425. The highest BCUT2D eigenvalue weighted by atomic mass is 19.1. The van der Waals surface area contributed by atoms with Crippen LogP contribution in [0.15, 0.2) is 77.7 Å². The summed E-state index contributed by atoms with van der Waals surface area (Å²) in [4.78, 5) is 24.1. The van der Waals surface area contributed by atoms with E-state index in [-0.39, 0.29) is 17.3 Å². The van der Waals surface area contributed by atoms with Crippen molar-refractivity contribution in [2.45, 2.75) is 6.04 Å². The van der Waals surface area contributed by atoms with Crippen LogP contribution in [-0.2, 0) is 7.05 Å². The maximum Gasteiger partial charge on any atom is 0.253 e. The molecule has 4 nitrogen and oxygen atoms in total. The number of rotatable bonds is 4. The Kier molecular flexibility index (Phi) is 4.75. The lowest BCUT2D eigenvalue weighted by Gasteiger charge is -2.20. The summed E-state index contributed by atoms with van der Waals surface area (Å²) in [5.74, 6) is -0.645. The quantitative estimate of drug-likeness (QED) is 0.796. The van der Waals surface area contributed by atoms with E-state index in [1.807, 2.05) is 30.3 Å². The van der Waals surface area contributed by atoms with Crippen LogP contribution < -0.4 is 10.9 Å². The Balaban J connectivity index is 1.94. The van der Waals surface area contributed by atoms with Crippen molar-refractivity contribution in [3.05, 3.63) is 106 Å². The highest BCUT2D eigenvalue weighted by molar-refractivity contribution is 5.94. The van der Waals surface area contributed by atoms with Crippen molar-refractivity contribution in [2.75, 3.05) is 0 Å². The molecule has 0 fully saturated rings. The summed E-state index contributed by atoms with van der Waals surface area (Å²) in [5.41, 5.74) is 1.85. The van der Waals surface area contributed by atoms with Crippen molar-refractivity contribution in [3.8, 4) is 0 Å². The van der Waals surface area contributed by atoms with Crippen LogP contribution in [0, 0.1) is 5.82 Å². The monoisotopic (exact) mass is 336 g/mol. The van der Waals surface area contributed by atoms with Gasteiger partial charge in [-0.05, 0) is 29.3 Å². The number of pyridine rings is 1. The van der Waals surface area contributed by atoms with Crippen LogP contribution in [0.5, 0.6) is 0 Å². The number of aryl methyl sites for hydroxylation is 1. The zero-order valence-electron chi connectivity index (χ0n) is 13.6. The van der Waals surface area contributed by atoms with Gasteiger partial charge in [-0.25, -0.2) is 4.39 Å². The van der Waals surface area contributed by atoms with E-state index in [1.165, 1.54) is 35.0 Å². The molecule has 2 aromatic carbocycles. The van der Waals surface area contributed by atoms with Crippen molar-refractivity contribution in [1.82, 2.24) is 9.88 Å². The van der Waals surface area contributed by atoms with Gasteiger partial charge < -0.3 is 9.88 Å². The zero-order chi connectivity index (χ0) is 17.8. The van der Waals surface area contributed by atoms with Gasteiger partial charge in [0.15, 0.2) is 0 Å². The van der Waals surface area contributed by atoms with Gasteiger partial charge in [-0.1, -0.05) is 42.5 Å². The third-order valence-electron chi connectivity index (χ3n) is 3.96. The van der Waals surface area contributed by atoms with Crippen LogP contribution in [0.2, 0.25) is 0 Å². The van der Waals surface area contributed by atoms with E-state index in [1.54, 1.807) is 19.2 Å². The summed E-state index contributed by atoms with van der Waals surface area (Å²) in [6.07, 6.45) is 1.49. The Morgan fingerprint density at radius 2 is 1.60 bits per heavy atom.